The highest BCUT2D eigenvalue weighted by atomic mass is 16.6. The third-order valence-electron chi connectivity index (χ3n) is 4.40. The second-order valence-corrected chi connectivity index (χ2v) is 6.38. The highest BCUT2D eigenvalue weighted by Crippen LogP contribution is 2.19. The van der Waals surface area contributed by atoms with Crippen LogP contribution in [0, 0.1) is 11.8 Å². The van der Waals surface area contributed by atoms with Crippen molar-refractivity contribution >= 4 is 22.7 Å². The van der Waals surface area contributed by atoms with Gasteiger partial charge >= 0.3 is 11.9 Å². The second-order valence-electron chi connectivity index (χ2n) is 6.38. The summed E-state index contributed by atoms with van der Waals surface area (Å²) < 4.78 is 10.3. The molecule has 2 rings (SSSR count). The number of ether oxygens (including phenoxy) is 2. The van der Waals surface area contributed by atoms with Gasteiger partial charge in [0.05, 0.1) is 13.2 Å². The van der Waals surface area contributed by atoms with Crippen molar-refractivity contribution in [2.75, 3.05) is 19.8 Å². The van der Waals surface area contributed by atoms with Crippen molar-refractivity contribution < 1.29 is 19.1 Å². The fourth-order valence-corrected chi connectivity index (χ4v) is 2.96. The molecule has 0 aliphatic carbocycles. The van der Waals surface area contributed by atoms with E-state index in [-0.39, 0.29) is 26.2 Å². The number of hydrogen-bond acceptors (Lipinski definition) is 5. The van der Waals surface area contributed by atoms with Crippen molar-refractivity contribution in [3.63, 3.8) is 0 Å². The van der Waals surface area contributed by atoms with Gasteiger partial charge in [-0.1, -0.05) is 48.2 Å². The van der Waals surface area contributed by atoms with Gasteiger partial charge in [0.1, 0.15) is 0 Å². The maximum Gasteiger partial charge on any atom is 0.338 e. The van der Waals surface area contributed by atoms with Crippen molar-refractivity contribution in [2.45, 2.75) is 32.2 Å². The van der Waals surface area contributed by atoms with Gasteiger partial charge in [0.15, 0.2) is 0 Å². The molecule has 0 amide bonds. The first kappa shape index (κ1) is 22.2. The van der Waals surface area contributed by atoms with Gasteiger partial charge in [-0.2, -0.15) is 0 Å². The first-order chi connectivity index (χ1) is 14.1. The molecule has 0 heterocycles. The quantitative estimate of drug-likeness (QED) is 0.305. The lowest BCUT2D eigenvalue weighted by atomic mass is 9.93. The molecule has 0 unspecified atom stereocenters. The Balaban J connectivity index is 2.21. The Hall–Kier alpha value is -3.10. The minimum absolute atomic E-state index is 0.138. The molecule has 0 saturated heterocycles. The van der Waals surface area contributed by atoms with Crippen LogP contribution in [0.15, 0.2) is 55.1 Å². The first-order valence-electron chi connectivity index (χ1n) is 9.75. The van der Waals surface area contributed by atoms with Gasteiger partial charge in [0.25, 0.3) is 0 Å². The molecule has 29 heavy (non-hydrogen) atoms. The van der Waals surface area contributed by atoms with Gasteiger partial charge in [0, 0.05) is 18.5 Å². The van der Waals surface area contributed by atoms with Crippen molar-refractivity contribution in [3.05, 3.63) is 60.7 Å². The topological polar surface area (TPSA) is 64.6 Å². The zero-order valence-electron chi connectivity index (χ0n) is 17.0. The molecule has 0 bridgehead atoms. The Morgan fingerprint density at radius 2 is 1.72 bits per heavy atom. The largest absolute Gasteiger partial charge is 0.464 e. The highest BCUT2D eigenvalue weighted by molar-refractivity contribution is 6.05. The lowest BCUT2D eigenvalue weighted by Crippen LogP contribution is -2.59. The van der Waals surface area contributed by atoms with Crippen LogP contribution >= 0.6 is 0 Å². The Morgan fingerprint density at radius 3 is 2.34 bits per heavy atom. The van der Waals surface area contributed by atoms with Crippen molar-refractivity contribution in [2.24, 2.45) is 0 Å². The van der Waals surface area contributed by atoms with Crippen molar-refractivity contribution in [3.8, 4) is 11.8 Å². The van der Waals surface area contributed by atoms with Gasteiger partial charge in [-0.25, -0.2) is 9.59 Å². The summed E-state index contributed by atoms with van der Waals surface area (Å²) in [7, 11) is 0. The average Bonchev–Trinajstić information content (AvgIpc) is 2.73. The molecule has 5 heteroatoms. The van der Waals surface area contributed by atoms with Crippen LogP contribution in [0.25, 0.3) is 10.8 Å². The zero-order valence-corrected chi connectivity index (χ0v) is 17.0. The predicted molar refractivity (Wildman–Crippen MR) is 114 cm³/mol. The number of hydrogen-bond donors (Lipinski definition) is 1. The van der Waals surface area contributed by atoms with Crippen LogP contribution < -0.4 is 5.32 Å². The molecule has 0 aliphatic heterocycles. The predicted octanol–water partition coefficient (Wildman–Crippen LogP) is 3.61. The van der Waals surface area contributed by atoms with E-state index in [1.807, 2.05) is 42.5 Å². The summed E-state index contributed by atoms with van der Waals surface area (Å²) in [6, 6.07) is 14.0. The van der Waals surface area contributed by atoms with Gasteiger partial charge < -0.3 is 9.47 Å². The normalized spacial score (nSPS) is 10.7. The number of carbonyl (C=O) groups is 2. The number of esters is 2. The second kappa shape index (κ2) is 11.0. The van der Waals surface area contributed by atoms with Gasteiger partial charge in [-0.15, -0.1) is 6.58 Å². The number of nitrogens with one attached hydrogen (secondary N) is 1. The number of rotatable bonds is 9. The molecule has 2 aromatic rings. The van der Waals surface area contributed by atoms with Crippen LogP contribution in [0.5, 0.6) is 0 Å². The van der Waals surface area contributed by atoms with Gasteiger partial charge in [-0.3, -0.25) is 5.32 Å². The Bertz CT molecular complexity index is 905. The van der Waals surface area contributed by atoms with E-state index in [9.17, 15) is 9.59 Å². The summed E-state index contributed by atoms with van der Waals surface area (Å²) in [5.41, 5.74) is -0.723. The Morgan fingerprint density at radius 1 is 1.07 bits per heavy atom. The lowest BCUT2D eigenvalue weighted by molar-refractivity contribution is -0.166. The van der Waals surface area contributed by atoms with E-state index >= 15 is 0 Å². The molecule has 0 atom stereocenters. The summed E-state index contributed by atoms with van der Waals surface area (Å²) in [5.74, 6) is 4.85. The van der Waals surface area contributed by atoms with Crippen LogP contribution in [0.3, 0.4) is 0 Å². The molecule has 0 aliphatic rings. The van der Waals surface area contributed by atoms with E-state index < -0.39 is 17.5 Å². The molecule has 1 N–H and O–H groups in total. The maximum atomic E-state index is 12.6. The average molecular weight is 393 g/mol. The molecule has 0 saturated carbocycles. The van der Waals surface area contributed by atoms with Crippen LogP contribution in [0.1, 0.15) is 32.3 Å². The zero-order chi connectivity index (χ0) is 21.1. The minimum Gasteiger partial charge on any atom is -0.464 e. The maximum absolute atomic E-state index is 12.6. The molecular weight excluding hydrogens is 366 g/mol. The van der Waals surface area contributed by atoms with Gasteiger partial charge in [0.2, 0.25) is 5.54 Å². The Labute approximate surface area is 172 Å². The van der Waals surface area contributed by atoms with Crippen LogP contribution in [0.2, 0.25) is 0 Å². The summed E-state index contributed by atoms with van der Waals surface area (Å²) in [4.78, 5) is 25.3. The molecule has 0 radical (unpaired) electrons. The monoisotopic (exact) mass is 393 g/mol. The fraction of sp³-hybridized carbons (Fsp3) is 0.333. The molecule has 2 aromatic carbocycles. The fourth-order valence-electron chi connectivity index (χ4n) is 2.96. The first-order valence-corrected chi connectivity index (χ1v) is 9.75. The van der Waals surface area contributed by atoms with Crippen molar-refractivity contribution in [1.82, 2.24) is 5.32 Å². The summed E-state index contributed by atoms with van der Waals surface area (Å²) in [6.45, 7) is 7.62. The number of fused-ring (bicyclic) bond motifs is 1. The van der Waals surface area contributed by atoms with Crippen LogP contribution in [0.4, 0.5) is 0 Å². The van der Waals surface area contributed by atoms with E-state index in [4.69, 9.17) is 9.47 Å². The summed E-state index contributed by atoms with van der Waals surface area (Å²) in [5, 5.41) is 5.20. The third kappa shape index (κ3) is 5.69. The van der Waals surface area contributed by atoms with Crippen LogP contribution in [-0.2, 0) is 19.1 Å². The molecule has 152 valence electrons. The molecule has 5 nitrogen and oxygen atoms in total. The van der Waals surface area contributed by atoms with E-state index in [0.29, 0.717) is 6.42 Å². The molecule has 0 aromatic heterocycles. The minimum atomic E-state index is -1.60. The van der Waals surface area contributed by atoms with E-state index in [1.54, 1.807) is 19.9 Å². The van der Waals surface area contributed by atoms with E-state index in [2.05, 4.69) is 23.7 Å². The molecule has 0 spiro atoms. The Kier molecular flexibility index (Phi) is 8.45. The standard InChI is InChI=1S/C24H27NO4/c1-4-17-25-24(22(26)28-5-2,23(27)29-6-3)16-10-9-11-19-14-15-20-12-7-8-13-21(20)18-19/h4,7-8,12-15,18,25H,1,5-6,10,16-17H2,2-3H3. The SMILES string of the molecule is C=CCNC(CCC#Cc1ccc2ccccc2c1)(C(=O)OCC)C(=O)OCC. The highest BCUT2D eigenvalue weighted by Gasteiger charge is 2.47. The molecular formula is C24H27NO4. The molecule has 0 fully saturated rings. The smallest absolute Gasteiger partial charge is 0.338 e. The number of benzene rings is 2. The summed E-state index contributed by atoms with van der Waals surface area (Å²) >= 11 is 0. The number of carbonyl (C=O) groups excluding carboxylic acids is 2. The lowest BCUT2D eigenvalue weighted by Gasteiger charge is -2.29. The van der Waals surface area contributed by atoms with Crippen molar-refractivity contribution in [1.29, 1.82) is 0 Å². The van der Waals surface area contributed by atoms with Gasteiger partial charge in [-0.05, 0) is 43.2 Å². The third-order valence-corrected chi connectivity index (χ3v) is 4.40. The summed E-state index contributed by atoms with van der Waals surface area (Å²) in [6.07, 6.45) is 2.03. The van der Waals surface area contributed by atoms with E-state index in [1.165, 1.54) is 0 Å². The van der Waals surface area contributed by atoms with E-state index in [0.717, 1.165) is 16.3 Å². The van der Waals surface area contributed by atoms with Crippen LogP contribution in [-0.4, -0.2) is 37.2 Å².